The Balaban J connectivity index is 2.71. The standard InChI is InChI=1S/C11H20N2O3/c1-4-16-10(14)9-7-5-6-8-13(9)11(15)12(2)3/h9H,4-8H2,1-3H3/t9-/m0/s1. The number of hydrogen-bond acceptors (Lipinski definition) is 3. The quantitative estimate of drug-likeness (QED) is 0.665. The van der Waals surface area contributed by atoms with Crippen molar-refractivity contribution >= 4 is 12.0 Å². The van der Waals surface area contributed by atoms with E-state index in [4.69, 9.17) is 4.74 Å². The number of urea groups is 1. The van der Waals surface area contributed by atoms with Crippen molar-refractivity contribution in [3.8, 4) is 0 Å². The molecule has 0 unspecified atom stereocenters. The van der Waals surface area contributed by atoms with Gasteiger partial charge in [-0.1, -0.05) is 0 Å². The van der Waals surface area contributed by atoms with Crippen LogP contribution in [0.25, 0.3) is 0 Å². The molecule has 0 aromatic heterocycles. The summed E-state index contributed by atoms with van der Waals surface area (Å²) in [6, 6.07) is -0.513. The maximum Gasteiger partial charge on any atom is 0.328 e. The minimum absolute atomic E-state index is 0.113. The second kappa shape index (κ2) is 5.72. The highest BCUT2D eigenvalue weighted by atomic mass is 16.5. The van der Waals surface area contributed by atoms with Crippen LogP contribution in [0.2, 0.25) is 0 Å². The lowest BCUT2D eigenvalue weighted by molar-refractivity contribution is -0.149. The molecule has 1 rings (SSSR count). The Hall–Kier alpha value is -1.26. The van der Waals surface area contributed by atoms with Crippen molar-refractivity contribution in [2.24, 2.45) is 0 Å². The van der Waals surface area contributed by atoms with Crippen LogP contribution in [0.5, 0.6) is 0 Å². The SMILES string of the molecule is CCOC(=O)[C@@H]1CCCCN1C(=O)N(C)C. The molecule has 1 atom stereocenters. The number of carbonyl (C=O) groups is 2. The lowest BCUT2D eigenvalue weighted by atomic mass is 10.0. The van der Waals surface area contributed by atoms with Gasteiger partial charge < -0.3 is 14.5 Å². The van der Waals surface area contributed by atoms with E-state index in [1.165, 1.54) is 4.90 Å². The fourth-order valence-electron chi connectivity index (χ4n) is 1.90. The molecule has 92 valence electrons. The first-order valence-electron chi connectivity index (χ1n) is 5.72. The summed E-state index contributed by atoms with van der Waals surface area (Å²) in [6.07, 6.45) is 2.63. The van der Waals surface area contributed by atoms with Gasteiger partial charge in [0.1, 0.15) is 6.04 Å². The van der Waals surface area contributed by atoms with Crippen molar-refractivity contribution < 1.29 is 14.3 Å². The Kier molecular flexibility index (Phi) is 4.58. The average Bonchev–Trinajstić information content (AvgIpc) is 2.28. The van der Waals surface area contributed by atoms with Crippen molar-refractivity contribution in [2.45, 2.75) is 32.2 Å². The molecule has 0 aromatic rings. The Morgan fingerprint density at radius 2 is 2.06 bits per heavy atom. The third-order valence-corrected chi connectivity index (χ3v) is 2.69. The van der Waals surface area contributed by atoms with Crippen molar-refractivity contribution in [3.63, 3.8) is 0 Å². The van der Waals surface area contributed by atoms with Gasteiger partial charge in [0.05, 0.1) is 6.61 Å². The van der Waals surface area contributed by atoms with Crippen molar-refractivity contribution in [2.75, 3.05) is 27.2 Å². The summed E-state index contributed by atoms with van der Waals surface area (Å²) in [5, 5.41) is 0. The van der Waals surface area contributed by atoms with E-state index in [9.17, 15) is 9.59 Å². The fraction of sp³-hybridized carbons (Fsp3) is 0.818. The van der Waals surface area contributed by atoms with Crippen molar-refractivity contribution in [1.82, 2.24) is 9.80 Å². The van der Waals surface area contributed by atoms with Crippen LogP contribution in [-0.2, 0) is 9.53 Å². The molecule has 1 fully saturated rings. The topological polar surface area (TPSA) is 49.9 Å². The zero-order valence-corrected chi connectivity index (χ0v) is 10.2. The van der Waals surface area contributed by atoms with Gasteiger partial charge in [0.2, 0.25) is 0 Å². The molecule has 0 spiro atoms. The summed E-state index contributed by atoms with van der Waals surface area (Å²) < 4.78 is 4.99. The highest BCUT2D eigenvalue weighted by molar-refractivity contribution is 5.83. The Morgan fingerprint density at radius 1 is 1.38 bits per heavy atom. The molecular formula is C11H20N2O3. The highest BCUT2D eigenvalue weighted by Gasteiger charge is 2.33. The summed E-state index contributed by atoms with van der Waals surface area (Å²) in [5.41, 5.74) is 0. The molecule has 1 aliphatic heterocycles. The van der Waals surface area contributed by atoms with Gasteiger partial charge in [-0.15, -0.1) is 0 Å². The third-order valence-electron chi connectivity index (χ3n) is 2.69. The largest absolute Gasteiger partial charge is 0.464 e. The van der Waals surface area contributed by atoms with Crippen LogP contribution in [0.4, 0.5) is 4.79 Å². The van der Waals surface area contributed by atoms with Gasteiger partial charge >= 0.3 is 12.0 Å². The molecule has 2 amide bonds. The summed E-state index contributed by atoms with van der Waals surface area (Å²) in [7, 11) is 3.39. The predicted molar refractivity (Wildman–Crippen MR) is 60.1 cm³/mol. The molecule has 0 aliphatic carbocycles. The number of amides is 2. The van der Waals surface area contributed by atoms with Crippen LogP contribution in [0.15, 0.2) is 0 Å². The molecule has 0 N–H and O–H groups in total. The molecule has 0 bridgehead atoms. The van der Waals surface area contributed by atoms with Crippen LogP contribution < -0.4 is 0 Å². The van der Waals surface area contributed by atoms with Crippen LogP contribution in [0, 0.1) is 0 Å². The molecule has 16 heavy (non-hydrogen) atoms. The van der Waals surface area contributed by atoms with E-state index in [-0.39, 0.29) is 12.0 Å². The van der Waals surface area contributed by atoms with Crippen molar-refractivity contribution in [3.05, 3.63) is 0 Å². The van der Waals surface area contributed by atoms with Gasteiger partial charge in [0, 0.05) is 20.6 Å². The molecule has 1 saturated heterocycles. The van der Waals surface area contributed by atoms with E-state index in [0.29, 0.717) is 19.6 Å². The van der Waals surface area contributed by atoms with Gasteiger partial charge in [-0.3, -0.25) is 0 Å². The summed E-state index contributed by atoms with van der Waals surface area (Å²) in [6.45, 7) is 2.78. The molecule has 0 saturated carbocycles. The molecule has 5 nitrogen and oxygen atoms in total. The zero-order valence-electron chi connectivity index (χ0n) is 10.2. The monoisotopic (exact) mass is 228 g/mol. The first kappa shape index (κ1) is 12.8. The number of carbonyl (C=O) groups excluding carboxylic acids is 2. The maximum atomic E-state index is 11.9. The molecule has 1 aliphatic rings. The second-order valence-electron chi connectivity index (χ2n) is 4.13. The molecule has 0 aromatic carbocycles. The summed E-state index contributed by atoms with van der Waals surface area (Å²) in [4.78, 5) is 26.7. The van der Waals surface area contributed by atoms with Crippen LogP contribution >= 0.6 is 0 Å². The van der Waals surface area contributed by atoms with Gasteiger partial charge in [0.15, 0.2) is 0 Å². The molecule has 5 heteroatoms. The summed E-state index contributed by atoms with van der Waals surface area (Å²) >= 11 is 0. The van der Waals surface area contributed by atoms with E-state index in [1.807, 2.05) is 0 Å². The number of rotatable bonds is 2. The maximum absolute atomic E-state index is 11.9. The lowest BCUT2D eigenvalue weighted by Crippen LogP contribution is -2.52. The van der Waals surface area contributed by atoms with E-state index < -0.39 is 6.04 Å². The van der Waals surface area contributed by atoms with E-state index >= 15 is 0 Å². The number of ether oxygens (including phenoxy) is 1. The minimum atomic E-state index is -0.399. The normalized spacial score (nSPS) is 20.4. The van der Waals surface area contributed by atoms with Gasteiger partial charge in [-0.25, -0.2) is 9.59 Å². The number of likely N-dealkylation sites (tertiary alicyclic amines) is 1. The highest BCUT2D eigenvalue weighted by Crippen LogP contribution is 2.19. The molecule has 0 radical (unpaired) electrons. The summed E-state index contributed by atoms with van der Waals surface area (Å²) in [5.74, 6) is -0.280. The number of nitrogens with zero attached hydrogens (tertiary/aromatic N) is 2. The lowest BCUT2D eigenvalue weighted by Gasteiger charge is -2.35. The first-order chi connectivity index (χ1) is 7.57. The fourth-order valence-corrected chi connectivity index (χ4v) is 1.90. The van der Waals surface area contributed by atoms with Crippen LogP contribution in [-0.4, -0.2) is 55.1 Å². The Morgan fingerprint density at radius 3 is 2.62 bits per heavy atom. The Bertz CT molecular complexity index is 266. The van der Waals surface area contributed by atoms with E-state index in [1.54, 1.807) is 25.9 Å². The smallest absolute Gasteiger partial charge is 0.328 e. The van der Waals surface area contributed by atoms with E-state index in [0.717, 1.165) is 12.8 Å². The number of hydrogen-bond donors (Lipinski definition) is 0. The molecular weight excluding hydrogens is 208 g/mol. The van der Waals surface area contributed by atoms with Gasteiger partial charge in [-0.2, -0.15) is 0 Å². The predicted octanol–water partition coefficient (Wildman–Crippen LogP) is 1.09. The molecule has 1 heterocycles. The van der Waals surface area contributed by atoms with E-state index in [2.05, 4.69) is 0 Å². The minimum Gasteiger partial charge on any atom is -0.464 e. The second-order valence-corrected chi connectivity index (χ2v) is 4.13. The van der Waals surface area contributed by atoms with Crippen LogP contribution in [0.3, 0.4) is 0 Å². The van der Waals surface area contributed by atoms with Gasteiger partial charge in [-0.05, 0) is 26.2 Å². The van der Waals surface area contributed by atoms with Gasteiger partial charge in [0.25, 0.3) is 0 Å². The zero-order chi connectivity index (χ0) is 12.1. The average molecular weight is 228 g/mol. The van der Waals surface area contributed by atoms with Crippen molar-refractivity contribution in [1.29, 1.82) is 0 Å². The van der Waals surface area contributed by atoms with Crippen LogP contribution in [0.1, 0.15) is 26.2 Å². The third kappa shape index (κ3) is 2.87. The first-order valence-corrected chi connectivity index (χ1v) is 5.72. The number of esters is 1. The number of piperidine rings is 1. The Labute approximate surface area is 96.3 Å².